The Labute approximate surface area is 116 Å². The second-order valence-corrected chi connectivity index (χ2v) is 5.15. The third kappa shape index (κ3) is 2.33. The van der Waals surface area contributed by atoms with Crippen LogP contribution in [-0.4, -0.2) is 35.0 Å². The molecule has 1 saturated heterocycles. The van der Waals surface area contributed by atoms with Crippen LogP contribution in [0.3, 0.4) is 0 Å². The Balaban J connectivity index is 2.24. The van der Waals surface area contributed by atoms with E-state index in [0.29, 0.717) is 19.4 Å². The van der Waals surface area contributed by atoms with Crippen LogP contribution < -0.4 is 5.73 Å². The first-order chi connectivity index (χ1) is 9.39. The molecule has 1 amide bonds. The maximum atomic E-state index is 13.2. The summed E-state index contributed by atoms with van der Waals surface area (Å²) < 4.78 is 13.2. The summed E-state index contributed by atoms with van der Waals surface area (Å²) in [6.45, 7) is 2.27. The van der Waals surface area contributed by atoms with E-state index in [0.717, 1.165) is 6.07 Å². The number of carboxylic acid groups (broad SMARTS) is 1. The highest BCUT2D eigenvalue weighted by atomic mass is 19.1. The molecule has 1 unspecified atom stereocenters. The number of benzene rings is 1. The molecule has 1 fully saturated rings. The number of carbonyl (C=O) groups excluding carboxylic acids is 1. The molecular weight excluding hydrogens is 263 g/mol. The van der Waals surface area contributed by atoms with Crippen LogP contribution >= 0.6 is 0 Å². The predicted octanol–water partition coefficient (Wildman–Crippen LogP) is 1.73. The van der Waals surface area contributed by atoms with E-state index in [-0.39, 0.29) is 17.8 Å². The van der Waals surface area contributed by atoms with Gasteiger partial charge < -0.3 is 15.7 Å². The van der Waals surface area contributed by atoms with Crippen molar-refractivity contribution >= 4 is 17.6 Å². The van der Waals surface area contributed by atoms with Crippen LogP contribution in [0.25, 0.3) is 0 Å². The molecule has 2 rings (SSSR count). The second-order valence-electron chi connectivity index (χ2n) is 5.15. The minimum atomic E-state index is -0.905. The second kappa shape index (κ2) is 5.11. The van der Waals surface area contributed by atoms with Crippen LogP contribution in [0.15, 0.2) is 18.2 Å². The maximum absolute atomic E-state index is 13.2. The van der Waals surface area contributed by atoms with Gasteiger partial charge in [0, 0.05) is 18.8 Å². The molecule has 0 aliphatic carbocycles. The molecule has 1 aromatic carbocycles. The Bertz CT molecular complexity index is 561. The number of carboxylic acids is 1. The number of likely N-dealkylation sites (tertiary alicyclic amines) is 1. The van der Waals surface area contributed by atoms with E-state index in [1.807, 2.05) is 0 Å². The number of nitrogen functional groups attached to an aromatic ring is 1. The normalized spacial score (nSPS) is 22.0. The van der Waals surface area contributed by atoms with Crippen LogP contribution in [0, 0.1) is 11.2 Å². The third-order valence-electron chi connectivity index (χ3n) is 4.02. The summed E-state index contributed by atoms with van der Waals surface area (Å²) in [7, 11) is 0. The topological polar surface area (TPSA) is 83.6 Å². The highest BCUT2D eigenvalue weighted by Crippen LogP contribution is 2.35. The fourth-order valence-electron chi connectivity index (χ4n) is 2.54. The summed E-state index contributed by atoms with van der Waals surface area (Å²) in [6, 6.07) is 3.61. The number of nitrogens with two attached hydrogens (primary N) is 1. The lowest BCUT2D eigenvalue weighted by Gasteiger charge is -2.23. The Morgan fingerprint density at radius 1 is 1.50 bits per heavy atom. The van der Waals surface area contributed by atoms with Gasteiger partial charge in [-0.3, -0.25) is 9.59 Å². The minimum Gasteiger partial charge on any atom is -0.481 e. The van der Waals surface area contributed by atoms with Crippen LogP contribution in [-0.2, 0) is 4.79 Å². The number of nitrogens with zero attached hydrogens (tertiary/aromatic N) is 1. The van der Waals surface area contributed by atoms with E-state index in [1.54, 1.807) is 6.92 Å². The molecule has 0 spiro atoms. The molecule has 1 aromatic rings. The summed E-state index contributed by atoms with van der Waals surface area (Å²) in [5.74, 6) is -1.86. The molecular formula is C14H17FN2O3. The van der Waals surface area contributed by atoms with E-state index < -0.39 is 23.1 Å². The van der Waals surface area contributed by atoms with Crippen molar-refractivity contribution in [3.8, 4) is 0 Å². The molecule has 108 valence electrons. The minimum absolute atomic E-state index is 0.0855. The van der Waals surface area contributed by atoms with Crippen molar-refractivity contribution in [2.45, 2.75) is 19.8 Å². The van der Waals surface area contributed by atoms with Gasteiger partial charge in [-0.05, 0) is 31.0 Å². The SMILES string of the molecule is CCC1(C(=O)O)CCN(C(=O)c2cc(F)ccc2N)C1. The average molecular weight is 280 g/mol. The van der Waals surface area contributed by atoms with Crippen molar-refractivity contribution < 1.29 is 19.1 Å². The van der Waals surface area contributed by atoms with Gasteiger partial charge in [-0.15, -0.1) is 0 Å². The largest absolute Gasteiger partial charge is 0.481 e. The molecule has 0 saturated carbocycles. The number of halogens is 1. The van der Waals surface area contributed by atoms with Crippen molar-refractivity contribution in [1.29, 1.82) is 0 Å². The summed E-state index contributed by atoms with van der Waals surface area (Å²) >= 11 is 0. The highest BCUT2D eigenvalue weighted by molar-refractivity contribution is 5.99. The average Bonchev–Trinajstić information content (AvgIpc) is 2.86. The lowest BCUT2D eigenvalue weighted by Crippen LogP contribution is -2.36. The van der Waals surface area contributed by atoms with Crippen molar-refractivity contribution in [1.82, 2.24) is 4.90 Å². The van der Waals surface area contributed by atoms with Gasteiger partial charge >= 0.3 is 5.97 Å². The lowest BCUT2D eigenvalue weighted by molar-refractivity contribution is -0.148. The Morgan fingerprint density at radius 2 is 2.20 bits per heavy atom. The van der Waals surface area contributed by atoms with Gasteiger partial charge in [0.1, 0.15) is 5.82 Å². The molecule has 0 radical (unpaired) electrons. The van der Waals surface area contributed by atoms with E-state index >= 15 is 0 Å². The van der Waals surface area contributed by atoms with Crippen LogP contribution in [0.2, 0.25) is 0 Å². The summed E-state index contributed by atoms with van der Waals surface area (Å²) in [6.07, 6.45) is 0.852. The number of hydrogen-bond donors (Lipinski definition) is 2. The van der Waals surface area contributed by atoms with Gasteiger partial charge in [0.15, 0.2) is 0 Å². The molecule has 3 N–H and O–H groups in total. The Kier molecular flexibility index (Phi) is 3.65. The third-order valence-corrected chi connectivity index (χ3v) is 4.02. The van der Waals surface area contributed by atoms with Crippen molar-refractivity contribution in [2.75, 3.05) is 18.8 Å². The summed E-state index contributed by atoms with van der Waals surface area (Å²) in [5.41, 5.74) is 5.06. The van der Waals surface area contributed by atoms with Gasteiger partial charge in [-0.2, -0.15) is 0 Å². The summed E-state index contributed by atoms with van der Waals surface area (Å²) in [4.78, 5) is 25.1. The number of carbonyl (C=O) groups is 2. The lowest BCUT2D eigenvalue weighted by atomic mass is 9.84. The van der Waals surface area contributed by atoms with Gasteiger partial charge in [0.2, 0.25) is 0 Å². The van der Waals surface area contributed by atoms with Crippen molar-refractivity contribution in [3.63, 3.8) is 0 Å². The molecule has 0 aromatic heterocycles. The highest BCUT2D eigenvalue weighted by Gasteiger charge is 2.45. The monoisotopic (exact) mass is 280 g/mol. The van der Waals surface area contributed by atoms with Gasteiger partial charge in [-0.25, -0.2) is 4.39 Å². The zero-order valence-electron chi connectivity index (χ0n) is 11.2. The first-order valence-electron chi connectivity index (χ1n) is 6.47. The van der Waals surface area contributed by atoms with Crippen molar-refractivity contribution in [2.24, 2.45) is 5.41 Å². The Morgan fingerprint density at radius 3 is 2.75 bits per heavy atom. The maximum Gasteiger partial charge on any atom is 0.311 e. The van der Waals surface area contributed by atoms with Gasteiger partial charge in [0.25, 0.3) is 5.91 Å². The van der Waals surface area contributed by atoms with Crippen LogP contribution in [0.4, 0.5) is 10.1 Å². The number of aliphatic carboxylic acids is 1. The van der Waals surface area contributed by atoms with Gasteiger partial charge in [0.05, 0.1) is 11.0 Å². The summed E-state index contributed by atoms with van der Waals surface area (Å²) in [5, 5.41) is 9.31. The molecule has 20 heavy (non-hydrogen) atoms. The zero-order chi connectivity index (χ0) is 14.9. The first-order valence-corrected chi connectivity index (χ1v) is 6.47. The first kappa shape index (κ1) is 14.3. The Hall–Kier alpha value is -2.11. The quantitative estimate of drug-likeness (QED) is 0.826. The fraction of sp³-hybridized carbons (Fsp3) is 0.429. The molecule has 5 nitrogen and oxygen atoms in total. The van der Waals surface area contributed by atoms with E-state index in [9.17, 15) is 19.1 Å². The standard InChI is InChI=1S/C14H17FN2O3/c1-2-14(13(19)20)5-6-17(8-14)12(18)10-7-9(15)3-4-11(10)16/h3-4,7H,2,5-6,8,16H2,1H3,(H,19,20). The molecule has 1 aliphatic heterocycles. The van der Waals surface area contributed by atoms with Crippen LogP contribution in [0.1, 0.15) is 30.1 Å². The fourth-order valence-corrected chi connectivity index (χ4v) is 2.54. The number of anilines is 1. The number of rotatable bonds is 3. The number of amides is 1. The molecule has 1 atom stereocenters. The van der Waals surface area contributed by atoms with E-state index in [2.05, 4.69) is 0 Å². The van der Waals surface area contributed by atoms with Gasteiger partial charge in [-0.1, -0.05) is 6.92 Å². The molecule has 0 bridgehead atoms. The zero-order valence-corrected chi connectivity index (χ0v) is 11.2. The van der Waals surface area contributed by atoms with Crippen LogP contribution in [0.5, 0.6) is 0 Å². The van der Waals surface area contributed by atoms with E-state index in [4.69, 9.17) is 5.73 Å². The predicted molar refractivity (Wildman–Crippen MR) is 71.7 cm³/mol. The van der Waals surface area contributed by atoms with Crippen molar-refractivity contribution in [3.05, 3.63) is 29.6 Å². The van der Waals surface area contributed by atoms with E-state index in [1.165, 1.54) is 17.0 Å². The molecule has 1 aliphatic rings. The molecule has 1 heterocycles. The smallest absolute Gasteiger partial charge is 0.311 e. The molecule has 6 heteroatoms. The number of hydrogen-bond acceptors (Lipinski definition) is 3.